The predicted octanol–water partition coefficient (Wildman–Crippen LogP) is 7.73. The molecule has 2 atom stereocenters. The molecule has 0 aromatic heterocycles. The summed E-state index contributed by atoms with van der Waals surface area (Å²) in [6.45, 7) is 7.48. The zero-order chi connectivity index (χ0) is 25.3. The van der Waals surface area contributed by atoms with Gasteiger partial charge in [0.25, 0.3) is 0 Å². The lowest BCUT2D eigenvalue weighted by atomic mass is 9.91. The van der Waals surface area contributed by atoms with Crippen LogP contribution in [0.3, 0.4) is 0 Å². The van der Waals surface area contributed by atoms with E-state index in [1.165, 1.54) is 44.9 Å². The van der Waals surface area contributed by atoms with Crippen molar-refractivity contribution >= 4 is 12.0 Å². The van der Waals surface area contributed by atoms with E-state index < -0.39 is 5.97 Å². The van der Waals surface area contributed by atoms with Crippen LogP contribution in [0, 0.1) is 11.8 Å². The van der Waals surface area contributed by atoms with Crippen molar-refractivity contribution in [2.45, 2.75) is 78.6 Å². The summed E-state index contributed by atoms with van der Waals surface area (Å²) in [5.41, 5.74) is 8.36. The minimum Gasteiger partial charge on any atom is -0.494 e. The van der Waals surface area contributed by atoms with Gasteiger partial charge in [-0.25, -0.2) is 4.79 Å². The standard InChI is InChI=1S/C31H45NO3/c1-4-6-7-8-9-10-11-15-20-34-29-19-18-27(23-30(32)31(33)35-24-25(3)5-2)28(22-29)21-26-16-13-12-14-17-26/h12-14,16-19,21-23,25,27H,4-11,15,20,24,32H2,1-3H3/t25-,27?/m0/s1. The number of ether oxygens (including phenoxy) is 2. The Labute approximate surface area is 213 Å². The van der Waals surface area contributed by atoms with Crippen molar-refractivity contribution in [3.05, 3.63) is 77.2 Å². The fourth-order valence-electron chi connectivity index (χ4n) is 3.85. The molecule has 0 spiro atoms. The Hall–Kier alpha value is -2.75. The predicted molar refractivity (Wildman–Crippen MR) is 146 cm³/mol. The molecule has 192 valence electrons. The van der Waals surface area contributed by atoms with Crippen molar-refractivity contribution in [1.82, 2.24) is 0 Å². The number of rotatable bonds is 16. The molecule has 2 rings (SSSR count). The number of hydrogen-bond donors (Lipinski definition) is 1. The summed E-state index contributed by atoms with van der Waals surface area (Å²) in [5.74, 6) is 0.580. The van der Waals surface area contributed by atoms with E-state index in [1.807, 2.05) is 30.4 Å². The van der Waals surface area contributed by atoms with Gasteiger partial charge in [-0.15, -0.1) is 0 Å². The average Bonchev–Trinajstić information content (AvgIpc) is 2.88. The Bertz CT molecular complexity index is 866. The lowest BCUT2D eigenvalue weighted by molar-refractivity contribution is -0.140. The summed E-state index contributed by atoms with van der Waals surface area (Å²) >= 11 is 0. The molecule has 0 bridgehead atoms. The zero-order valence-corrected chi connectivity index (χ0v) is 22.0. The number of hydrogen-bond acceptors (Lipinski definition) is 4. The molecule has 1 aromatic rings. The number of esters is 1. The monoisotopic (exact) mass is 479 g/mol. The van der Waals surface area contributed by atoms with Crippen LogP contribution in [0.15, 0.2) is 71.7 Å². The lowest BCUT2D eigenvalue weighted by Crippen LogP contribution is -2.19. The maximum absolute atomic E-state index is 12.4. The average molecular weight is 480 g/mol. The van der Waals surface area contributed by atoms with Crippen LogP contribution < -0.4 is 5.73 Å². The topological polar surface area (TPSA) is 61.5 Å². The molecule has 0 saturated heterocycles. The second-order valence-corrected chi connectivity index (χ2v) is 9.54. The number of nitrogens with two attached hydrogens (primary N) is 1. The zero-order valence-electron chi connectivity index (χ0n) is 22.0. The van der Waals surface area contributed by atoms with Crippen LogP contribution in [0.2, 0.25) is 0 Å². The van der Waals surface area contributed by atoms with Crippen molar-refractivity contribution in [3.63, 3.8) is 0 Å². The van der Waals surface area contributed by atoms with Gasteiger partial charge in [0.05, 0.1) is 13.2 Å². The third-order valence-corrected chi connectivity index (χ3v) is 6.35. The Morgan fingerprint density at radius 2 is 1.71 bits per heavy atom. The molecule has 1 aromatic carbocycles. The summed E-state index contributed by atoms with van der Waals surface area (Å²) in [7, 11) is 0. The number of allylic oxidation sites excluding steroid dienone is 5. The Kier molecular flexibility index (Phi) is 13.7. The Morgan fingerprint density at radius 3 is 2.40 bits per heavy atom. The quantitative estimate of drug-likeness (QED) is 0.150. The van der Waals surface area contributed by atoms with Gasteiger partial charge in [-0.2, -0.15) is 0 Å². The minimum atomic E-state index is -0.460. The molecule has 35 heavy (non-hydrogen) atoms. The van der Waals surface area contributed by atoms with Crippen LogP contribution in [0.25, 0.3) is 6.08 Å². The molecule has 4 heteroatoms. The van der Waals surface area contributed by atoms with Crippen LogP contribution in [-0.4, -0.2) is 19.2 Å². The molecule has 0 aliphatic heterocycles. The lowest BCUT2D eigenvalue weighted by Gasteiger charge is -2.19. The molecule has 1 unspecified atom stereocenters. The molecular weight excluding hydrogens is 434 g/mol. The molecule has 0 fully saturated rings. The molecule has 0 saturated carbocycles. The molecule has 0 heterocycles. The van der Waals surface area contributed by atoms with Crippen molar-refractivity contribution < 1.29 is 14.3 Å². The van der Waals surface area contributed by atoms with Crippen molar-refractivity contribution in [3.8, 4) is 0 Å². The smallest absolute Gasteiger partial charge is 0.353 e. The summed E-state index contributed by atoms with van der Waals surface area (Å²) < 4.78 is 11.4. The van der Waals surface area contributed by atoms with E-state index in [1.54, 1.807) is 6.08 Å². The summed E-state index contributed by atoms with van der Waals surface area (Å²) in [6, 6.07) is 10.1. The van der Waals surface area contributed by atoms with E-state index in [9.17, 15) is 4.79 Å². The number of unbranched alkanes of at least 4 members (excludes halogenated alkanes) is 7. The van der Waals surface area contributed by atoms with Gasteiger partial charge in [0.2, 0.25) is 0 Å². The Morgan fingerprint density at radius 1 is 1.03 bits per heavy atom. The van der Waals surface area contributed by atoms with Crippen LogP contribution in [-0.2, 0) is 14.3 Å². The van der Waals surface area contributed by atoms with Crippen molar-refractivity contribution in [1.29, 1.82) is 0 Å². The molecular formula is C31H45NO3. The summed E-state index contributed by atoms with van der Waals surface area (Å²) in [6.07, 6.45) is 21.1. The van der Waals surface area contributed by atoms with E-state index in [0.717, 1.165) is 29.7 Å². The second kappa shape index (κ2) is 16.8. The first-order valence-corrected chi connectivity index (χ1v) is 13.5. The van der Waals surface area contributed by atoms with Gasteiger partial charge >= 0.3 is 5.97 Å². The molecule has 4 nitrogen and oxygen atoms in total. The molecule has 1 aliphatic rings. The van der Waals surface area contributed by atoms with Gasteiger partial charge in [-0.3, -0.25) is 0 Å². The first-order chi connectivity index (χ1) is 17.0. The Balaban J connectivity index is 1.97. The molecule has 2 N–H and O–H groups in total. The highest BCUT2D eigenvalue weighted by atomic mass is 16.5. The fraction of sp³-hybridized carbons (Fsp3) is 0.516. The van der Waals surface area contributed by atoms with Crippen molar-refractivity contribution in [2.75, 3.05) is 13.2 Å². The largest absolute Gasteiger partial charge is 0.494 e. The van der Waals surface area contributed by atoms with E-state index >= 15 is 0 Å². The third kappa shape index (κ3) is 11.5. The molecule has 0 radical (unpaired) electrons. The first-order valence-electron chi connectivity index (χ1n) is 13.5. The van der Waals surface area contributed by atoms with E-state index in [0.29, 0.717) is 19.1 Å². The van der Waals surface area contributed by atoms with Gasteiger partial charge in [-0.05, 0) is 41.7 Å². The van der Waals surface area contributed by atoms with E-state index in [2.05, 4.69) is 45.1 Å². The van der Waals surface area contributed by atoms with Gasteiger partial charge in [0.15, 0.2) is 0 Å². The summed E-state index contributed by atoms with van der Waals surface area (Å²) in [4.78, 5) is 12.4. The third-order valence-electron chi connectivity index (χ3n) is 6.35. The van der Waals surface area contributed by atoms with Gasteiger partial charge < -0.3 is 15.2 Å². The van der Waals surface area contributed by atoms with Gasteiger partial charge in [0, 0.05) is 5.92 Å². The SMILES string of the molecule is CCCCCCCCCCOC1=CC(=Cc2ccccc2)C(C=C(N)C(=O)OC[C@@H](C)CC)C=C1. The summed E-state index contributed by atoms with van der Waals surface area (Å²) in [5, 5.41) is 0. The highest BCUT2D eigenvalue weighted by Gasteiger charge is 2.17. The maximum Gasteiger partial charge on any atom is 0.353 e. The van der Waals surface area contributed by atoms with E-state index in [4.69, 9.17) is 15.2 Å². The fourth-order valence-corrected chi connectivity index (χ4v) is 3.85. The highest BCUT2D eigenvalue weighted by molar-refractivity contribution is 5.87. The normalized spacial score (nSPS) is 17.8. The highest BCUT2D eigenvalue weighted by Crippen LogP contribution is 2.27. The van der Waals surface area contributed by atoms with Gasteiger partial charge in [-0.1, -0.05) is 115 Å². The van der Waals surface area contributed by atoms with Crippen LogP contribution in [0.4, 0.5) is 0 Å². The molecule has 1 aliphatic carbocycles. The van der Waals surface area contributed by atoms with Crippen LogP contribution >= 0.6 is 0 Å². The number of benzene rings is 1. The second-order valence-electron chi connectivity index (χ2n) is 9.54. The number of carbonyl (C=O) groups excluding carboxylic acids is 1. The first kappa shape index (κ1) is 28.5. The number of carbonyl (C=O) groups is 1. The molecule has 0 amide bonds. The minimum absolute atomic E-state index is 0.123. The van der Waals surface area contributed by atoms with Crippen LogP contribution in [0.5, 0.6) is 0 Å². The van der Waals surface area contributed by atoms with E-state index in [-0.39, 0.29) is 11.6 Å². The maximum atomic E-state index is 12.4. The van der Waals surface area contributed by atoms with Crippen LogP contribution in [0.1, 0.15) is 84.1 Å². The van der Waals surface area contributed by atoms with Gasteiger partial charge in [0.1, 0.15) is 11.5 Å². The van der Waals surface area contributed by atoms with Crippen molar-refractivity contribution in [2.24, 2.45) is 17.6 Å².